The van der Waals surface area contributed by atoms with Crippen molar-refractivity contribution < 1.29 is 9.13 Å². The Morgan fingerprint density at radius 1 is 1.25 bits per heavy atom. The van der Waals surface area contributed by atoms with Gasteiger partial charge in [0.1, 0.15) is 11.6 Å². The van der Waals surface area contributed by atoms with Gasteiger partial charge >= 0.3 is 0 Å². The number of nitrogens with two attached hydrogens (primary N) is 1. The van der Waals surface area contributed by atoms with Gasteiger partial charge in [-0.3, -0.25) is 0 Å². The van der Waals surface area contributed by atoms with Gasteiger partial charge in [-0.1, -0.05) is 0 Å². The second kappa shape index (κ2) is 4.18. The summed E-state index contributed by atoms with van der Waals surface area (Å²) in [7, 11) is 0. The zero-order chi connectivity index (χ0) is 11.5. The fourth-order valence-electron chi connectivity index (χ4n) is 1.22. The third-order valence-corrected chi connectivity index (χ3v) is 2.16. The summed E-state index contributed by atoms with van der Waals surface area (Å²) in [6, 6.07) is 7.49. The molecule has 1 aromatic carbocycles. The van der Waals surface area contributed by atoms with Crippen LogP contribution in [0.5, 0.6) is 11.6 Å². The highest BCUT2D eigenvalue weighted by atomic mass is 19.1. The second-order valence-electron chi connectivity index (χ2n) is 3.44. The molecule has 0 saturated heterocycles. The van der Waals surface area contributed by atoms with Crippen molar-refractivity contribution in [1.82, 2.24) is 4.98 Å². The van der Waals surface area contributed by atoms with Gasteiger partial charge in [0, 0.05) is 6.07 Å². The van der Waals surface area contributed by atoms with Crippen LogP contribution in [0.1, 0.15) is 5.56 Å². The van der Waals surface area contributed by atoms with Crippen LogP contribution in [0.25, 0.3) is 0 Å². The van der Waals surface area contributed by atoms with Crippen LogP contribution in [0.15, 0.2) is 36.5 Å². The Labute approximate surface area is 92.7 Å². The maximum atomic E-state index is 12.7. The van der Waals surface area contributed by atoms with Crippen molar-refractivity contribution in [2.24, 2.45) is 0 Å². The highest BCUT2D eigenvalue weighted by molar-refractivity contribution is 5.46. The minimum atomic E-state index is -0.297. The third-order valence-electron chi connectivity index (χ3n) is 2.16. The lowest BCUT2D eigenvalue weighted by Gasteiger charge is -2.06. The molecule has 0 atom stereocenters. The summed E-state index contributed by atoms with van der Waals surface area (Å²) in [6.45, 7) is 1.87. The Bertz CT molecular complexity index is 497. The standard InChI is InChI=1S/C12H11FN2O/c1-8-6-12(15-7-11(8)14)16-10-4-2-9(13)3-5-10/h2-7H,14H2,1H3. The molecule has 2 N–H and O–H groups in total. The third kappa shape index (κ3) is 2.28. The molecular formula is C12H11FN2O. The summed E-state index contributed by atoms with van der Waals surface area (Å²) in [5, 5.41) is 0. The first-order valence-electron chi connectivity index (χ1n) is 4.81. The van der Waals surface area contributed by atoms with Gasteiger partial charge in [-0.05, 0) is 36.8 Å². The second-order valence-corrected chi connectivity index (χ2v) is 3.44. The number of rotatable bonds is 2. The lowest BCUT2D eigenvalue weighted by molar-refractivity contribution is 0.461. The number of anilines is 1. The number of pyridine rings is 1. The highest BCUT2D eigenvalue weighted by Crippen LogP contribution is 2.22. The van der Waals surface area contributed by atoms with Crippen LogP contribution in [0.4, 0.5) is 10.1 Å². The average molecular weight is 218 g/mol. The first-order valence-corrected chi connectivity index (χ1v) is 4.81. The lowest BCUT2D eigenvalue weighted by Crippen LogP contribution is -1.93. The normalized spacial score (nSPS) is 10.1. The molecule has 0 amide bonds. The van der Waals surface area contributed by atoms with Crippen LogP contribution >= 0.6 is 0 Å². The molecule has 0 saturated carbocycles. The molecule has 0 aliphatic carbocycles. The van der Waals surface area contributed by atoms with Crippen molar-refractivity contribution in [2.75, 3.05) is 5.73 Å². The Kier molecular flexibility index (Phi) is 2.72. The molecule has 1 heterocycles. The van der Waals surface area contributed by atoms with Gasteiger partial charge in [0.15, 0.2) is 0 Å². The van der Waals surface area contributed by atoms with E-state index in [2.05, 4.69) is 4.98 Å². The predicted molar refractivity (Wildman–Crippen MR) is 59.9 cm³/mol. The number of aryl methyl sites for hydroxylation is 1. The van der Waals surface area contributed by atoms with E-state index in [1.807, 2.05) is 6.92 Å². The summed E-state index contributed by atoms with van der Waals surface area (Å²) < 4.78 is 18.1. The molecule has 2 rings (SSSR count). The summed E-state index contributed by atoms with van der Waals surface area (Å²) in [6.07, 6.45) is 1.54. The smallest absolute Gasteiger partial charge is 0.219 e. The Hall–Kier alpha value is -2.10. The highest BCUT2D eigenvalue weighted by Gasteiger charge is 2.01. The quantitative estimate of drug-likeness (QED) is 0.843. The van der Waals surface area contributed by atoms with Crippen molar-refractivity contribution in [3.8, 4) is 11.6 Å². The lowest BCUT2D eigenvalue weighted by atomic mass is 10.2. The van der Waals surface area contributed by atoms with E-state index in [1.165, 1.54) is 18.3 Å². The number of hydrogen-bond acceptors (Lipinski definition) is 3. The molecule has 0 aliphatic heterocycles. The maximum absolute atomic E-state index is 12.7. The summed E-state index contributed by atoms with van der Waals surface area (Å²) >= 11 is 0. The number of nitrogen functional groups attached to an aromatic ring is 1. The van der Waals surface area contributed by atoms with Gasteiger partial charge in [-0.25, -0.2) is 9.37 Å². The number of hydrogen-bond donors (Lipinski definition) is 1. The van der Waals surface area contributed by atoms with Crippen molar-refractivity contribution in [2.45, 2.75) is 6.92 Å². The van der Waals surface area contributed by atoms with E-state index in [1.54, 1.807) is 18.2 Å². The van der Waals surface area contributed by atoms with Gasteiger partial charge in [0.2, 0.25) is 5.88 Å². The Morgan fingerprint density at radius 2 is 1.94 bits per heavy atom. The average Bonchev–Trinajstić information content (AvgIpc) is 2.27. The SMILES string of the molecule is Cc1cc(Oc2ccc(F)cc2)ncc1N. The Balaban J connectivity index is 2.20. The van der Waals surface area contributed by atoms with E-state index in [0.29, 0.717) is 17.3 Å². The van der Waals surface area contributed by atoms with Crippen LogP contribution in [0, 0.1) is 12.7 Å². The maximum Gasteiger partial charge on any atom is 0.219 e. The minimum Gasteiger partial charge on any atom is -0.439 e. The fourth-order valence-corrected chi connectivity index (χ4v) is 1.22. The van der Waals surface area contributed by atoms with Crippen molar-refractivity contribution >= 4 is 5.69 Å². The van der Waals surface area contributed by atoms with E-state index < -0.39 is 0 Å². The molecule has 1 aromatic heterocycles. The van der Waals surface area contributed by atoms with E-state index >= 15 is 0 Å². The van der Waals surface area contributed by atoms with Crippen LogP contribution in [0.3, 0.4) is 0 Å². The van der Waals surface area contributed by atoms with Crippen molar-refractivity contribution in [3.05, 3.63) is 47.9 Å². The fraction of sp³-hybridized carbons (Fsp3) is 0.0833. The number of nitrogens with zero attached hydrogens (tertiary/aromatic N) is 1. The molecule has 0 radical (unpaired) electrons. The zero-order valence-corrected chi connectivity index (χ0v) is 8.77. The first kappa shape index (κ1) is 10.4. The Morgan fingerprint density at radius 3 is 2.56 bits per heavy atom. The monoisotopic (exact) mass is 218 g/mol. The van der Waals surface area contributed by atoms with Gasteiger partial charge in [0.05, 0.1) is 11.9 Å². The molecule has 0 fully saturated rings. The van der Waals surface area contributed by atoms with Crippen LogP contribution < -0.4 is 10.5 Å². The molecule has 0 spiro atoms. The van der Waals surface area contributed by atoms with Gasteiger partial charge in [-0.15, -0.1) is 0 Å². The zero-order valence-electron chi connectivity index (χ0n) is 8.77. The van der Waals surface area contributed by atoms with Crippen molar-refractivity contribution in [1.29, 1.82) is 0 Å². The number of halogens is 1. The van der Waals surface area contributed by atoms with E-state index in [4.69, 9.17) is 10.5 Å². The van der Waals surface area contributed by atoms with Crippen LogP contribution in [0.2, 0.25) is 0 Å². The van der Waals surface area contributed by atoms with Crippen molar-refractivity contribution in [3.63, 3.8) is 0 Å². The summed E-state index contributed by atoms with van der Waals surface area (Å²) in [5.74, 6) is 0.685. The molecule has 4 heteroatoms. The predicted octanol–water partition coefficient (Wildman–Crippen LogP) is 2.90. The number of benzene rings is 1. The summed E-state index contributed by atoms with van der Waals surface area (Å²) in [4.78, 5) is 4.02. The molecular weight excluding hydrogens is 207 g/mol. The largest absolute Gasteiger partial charge is 0.439 e. The van der Waals surface area contributed by atoms with E-state index in [9.17, 15) is 4.39 Å². The number of aromatic nitrogens is 1. The molecule has 16 heavy (non-hydrogen) atoms. The van der Waals surface area contributed by atoms with Gasteiger partial charge in [0.25, 0.3) is 0 Å². The van der Waals surface area contributed by atoms with Gasteiger partial charge in [-0.2, -0.15) is 0 Å². The number of ether oxygens (including phenoxy) is 1. The first-order chi connectivity index (χ1) is 7.65. The van der Waals surface area contributed by atoms with Crippen LogP contribution in [-0.2, 0) is 0 Å². The van der Waals surface area contributed by atoms with Crippen LogP contribution in [-0.4, -0.2) is 4.98 Å². The molecule has 3 nitrogen and oxygen atoms in total. The summed E-state index contributed by atoms with van der Waals surface area (Å²) in [5.41, 5.74) is 7.15. The molecule has 2 aromatic rings. The topological polar surface area (TPSA) is 48.1 Å². The van der Waals surface area contributed by atoms with E-state index in [0.717, 1.165) is 5.56 Å². The molecule has 0 aliphatic rings. The van der Waals surface area contributed by atoms with E-state index in [-0.39, 0.29) is 5.82 Å². The molecule has 0 bridgehead atoms. The van der Waals surface area contributed by atoms with Gasteiger partial charge < -0.3 is 10.5 Å². The minimum absolute atomic E-state index is 0.297. The molecule has 82 valence electrons. The molecule has 0 unspecified atom stereocenters.